The quantitative estimate of drug-likeness (QED) is 0.798. The van der Waals surface area contributed by atoms with Crippen LogP contribution in [-0.4, -0.2) is 29.0 Å². The van der Waals surface area contributed by atoms with E-state index in [1.54, 1.807) is 14.0 Å². The molecule has 0 aliphatic heterocycles. The summed E-state index contributed by atoms with van der Waals surface area (Å²) in [6.07, 6.45) is 1.18. The Hall–Kier alpha value is -1.06. The van der Waals surface area contributed by atoms with E-state index >= 15 is 0 Å². The van der Waals surface area contributed by atoms with Crippen LogP contribution in [0.4, 0.5) is 0 Å². The van der Waals surface area contributed by atoms with Gasteiger partial charge >= 0.3 is 0 Å². The second kappa shape index (κ2) is 6.03. The third kappa shape index (κ3) is 4.02. The number of methoxy groups -OCH3 is 1. The zero-order chi connectivity index (χ0) is 12.9. The van der Waals surface area contributed by atoms with Crippen LogP contribution in [0.25, 0.3) is 0 Å². The maximum absolute atomic E-state index is 9.88. The Labute approximate surface area is 103 Å². The molecule has 0 spiro atoms. The molecule has 0 aromatic heterocycles. The Morgan fingerprint density at radius 3 is 2.35 bits per heavy atom. The maximum atomic E-state index is 9.88. The van der Waals surface area contributed by atoms with Crippen LogP contribution in [0.15, 0.2) is 24.3 Å². The Bertz CT molecular complexity index is 330. The van der Waals surface area contributed by atoms with Crippen LogP contribution in [0.3, 0.4) is 0 Å². The fraction of sp³-hybridized carbons (Fsp3) is 0.571. The van der Waals surface area contributed by atoms with Gasteiger partial charge in [0.05, 0.1) is 18.8 Å². The van der Waals surface area contributed by atoms with E-state index in [-0.39, 0.29) is 0 Å². The van der Waals surface area contributed by atoms with Crippen molar-refractivity contribution in [2.45, 2.75) is 44.8 Å². The molecule has 0 heterocycles. The highest BCUT2D eigenvalue weighted by atomic mass is 16.5. The largest absolute Gasteiger partial charge is 0.497 e. The van der Waals surface area contributed by atoms with Gasteiger partial charge in [-0.3, -0.25) is 0 Å². The van der Waals surface area contributed by atoms with E-state index in [4.69, 9.17) is 4.74 Å². The summed E-state index contributed by atoms with van der Waals surface area (Å²) >= 11 is 0. The summed E-state index contributed by atoms with van der Waals surface area (Å²) in [4.78, 5) is 0. The van der Waals surface area contributed by atoms with E-state index in [0.717, 1.165) is 17.7 Å². The fourth-order valence-electron chi connectivity index (χ4n) is 1.64. The van der Waals surface area contributed by atoms with E-state index < -0.39 is 11.7 Å². The van der Waals surface area contributed by atoms with Gasteiger partial charge in [0.2, 0.25) is 0 Å². The Balaban J connectivity index is 2.50. The van der Waals surface area contributed by atoms with Gasteiger partial charge in [0, 0.05) is 0 Å². The van der Waals surface area contributed by atoms with Crippen LogP contribution < -0.4 is 4.74 Å². The molecule has 0 aliphatic carbocycles. The number of benzene rings is 1. The summed E-state index contributed by atoms with van der Waals surface area (Å²) in [5.74, 6) is 0.829. The molecule has 17 heavy (non-hydrogen) atoms. The fourth-order valence-corrected chi connectivity index (χ4v) is 1.64. The lowest BCUT2D eigenvalue weighted by molar-refractivity contribution is -0.0667. The number of aliphatic hydroxyl groups excluding tert-OH is 1. The molecule has 1 rings (SSSR count). The molecule has 0 saturated heterocycles. The number of hydrogen-bond donors (Lipinski definition) is 2. The van der Waals surface area contributed by atoms with Crippen molar-refractivity contribution in [2.75, 3.05) is 7.11 Å². The highest BCUT2D eigenvalue weighted by Gasteiger charge is 2.27. The monoisotopic (exact) mass is 238 g/mol. The molecule has 3 heteroatoms. The summed E-state index contributed by atoms with van der Waals surface area (Å²) in [6, 6.07) is 7.76. The molecule has 0 radical (unpaired) electrons. The molecule has 0 saturated carbocycles. The lowest BCUT2D eigenvalue weighted by Gasteiger charge is -2.27. The minimum atomic E-state index is -0.994. The SMILES string of the molecule is CCC(C)(O)C(O)CCc1ccc(OC)cc1. The van der Waals surface area contributed by atoms with Crippen molar-refractivity contribution < 1.29 is 14.9 Å². The molecule has 0 fully saturated rings. The van der Waals surface area contributed by atoms with Gasteiger partial charge in [0.15, 0.2) is 0 Å². The Morgan fingerprint density at radius 2 is 1.88 bits per heavy atom. The molecule has 2 unspecified atom stereocenters. The topological polar surface area (TPSA) is 49.7 Å². The van der Waals surface area contributed by atoms with Crippen LogP contribution in [0, 0.1) is 0 Å². The Morgan fingerprint density at radius 1 is 1.29 bits per heavy atom. The molecule has 2 atom stereocenters. The normalized spacial score (nSPS) is 16.3. The van der Waals surface area contributed by atoms with E-state index in [1.165, 1.54) is 0 Å². The van der Waals surface area contributed by atoms with Gasteiger partial charge in [-0.05, 0) is 43.9 Å². The predicted octanol–water partition coefficient (Wildman–Crippen LogP) is 2.15. The first kappa shape index (κ1) is 14.0. The molecule has 0 bridgehead atoms. The first-order chi connectivity index (χ1) is 7.99. The van der Waals surface area contributed by atoms with Gasteiger partial charge in [0.1, 0.15) is 5.75 Å². The van der Waals surface area contributed by atoms with Crippen molar-refractivity contribution in [3.63, 3.8) is 0 Å². The summed E-state index contributed by atoms with van der Waals surface area (Å²) in [6.45, 7) is 3.54. The maximum Gasteiger partial charge on any atom is 0.118 e. The third-order valence-corrected chi connectivity index (χ3v) is 3.30. The van der Waals surface area contributed by atoms with Crippen LogP contribution in [-0.2, 0) is 6.42 Å². The molecule has 0 aliphatic rings. The van der Waals surface area contributed by atoms with Crippen molar-refractivity contribution in [1.82, 2.24) is 0 Å². The second-order valence-electron chi connectivity index (χ2n) is 4.61. The number of aliphatic hydroxyl groups is 2. The van der Waals surface area contributed by atoms with Crippen molar-refractivity contribution in [3.8, 4) is 5.75 Å². The smallest absolute Gasteiger partial charge is 0.118 e. The van der Waals surface area contributed by atoms with E-state index in [0.29, 0.717) is 12.8 Å². The molecule has 3 nitrogen and oxygen atoms in total. The zero-order valence-electron chi connectivity index (χ0n) is 10.8. The predicted molar refractivity (Wildman–Crippen MR) is 68.2 cm³/mol. The molecule has 1 aromatic rings. The molecule has 2 N–H and O–H groups in total. The molecular weight excluding hydrogens is 216 g/mol. The number of ether oxygens (including phenoxy) is 1. The highest BCUT2D eigenvalue weighted by molar-refractivity contribution is 5.27. The number of hydrogen-bond acceptors (Lipinski definition) is 3. The summed E-state index contributed by atoms with van der Waals surface area (Å²) in [5.41, 5.74) is 0.142. The van der Waals surface area contributed by atoms with E-state index in [2.05, 4.69) is 0 Å². The van der Waals surface area contributed by atoms with Gasteiger partial charge < -0.3 is 14.9 Å². The molecule has 96 valence electrons. The first-order valence-electron chi connectivity index (χ1n) is 6.03. The summed E-state index contributed by atoms with van der Waals surface area (Å²) in [5, 5.41) is 19.7. The molecular formula is C14H22O3. The minimum Gasteiger partial charge on any atom is -0.497 e. The molecule has 0 amide bonds. The zero-order valence-corrected chi connectivity index (χ0v) is 10.8. The second-order valence-corrected chi connectivity index (χ2v) is 4.61. The van der Waals surface area contributed by atoms with E-state index in [1.807, 2.05) is 31.2 Å². The summed E-state index contributed by atoms with van der Waals surface area (Å²) < 4.78 is 5.08. The van der Waals surface area contributed by atoms with Crippen LogP contribution in [0.1, 0.15) is 32.3 Å². The standard InChI is InChI=1S/C14H22O3/c1-4-14(2,16)13(15)10-7-11-5-8-12(17-3)9-6-11/h5-6,8-9,13,15-16H,4,7,10H2,1-3H3. The van der Waals surface area contributed by atoms with Crippen LogP contribution in [0.5, 0.6) is 5.75 Å². The highest BCUT2D eigenvalue weighted by Crippen LogP contribution is 2.19. The Kier molecular flexibility index (Phi) is 4.97. The third-order valence-electron chi connectivity index (χ3n) is 3.30. The van der Waals surface area contributed by atoms with Crippen LogP contribution in [0.2, 0.25) is 0 Å². The van der Waals surface area contributed by atoms with Gasteiger partial charge in [-0.1, -0.05) is 19.1 Å². The summed E-state index contributed by atoms with van der Waals surface area (Å²) in [7, 11) is 1.64. The van der Waals surface area contributed by atoms with Crippen molar-refractivity contribution in [1.29, 1.82) is 0 Å². The van der Waals surface area contributed by atoms with Gasteiger partial charge in [-0.15, -0.1) is 0 Å². The van der Waals surface area contributed by atoms with Gasteiger partial charge in [-0.25, -0.2) is 0 Å². The van der Waals surface area contributed by atoms with Crippen molar-refractivity contribution in [2.24, 2.45) is 0 Å². The van der Waals surface area contributed by atoms with Crippen molar-refractivity contribution in [3.05, 3.63) is 29.8 Å². The molecule has 1 aromatic carbocycles. The van der Waals surface area contributed by atoms with Gasteiger partial charge in [-0.2, -0.15) is 0 Å². The van der Waals surface area contributed by atoms with E-state index in [9.17, 15) is 10.2 Å². The lowest BCUT2D eigenvalue weighted by Crippen LogP contribution is -2.38. The first-order valence-corrected chi connectivity index (χ1v) is 6.03. The number of aryl methyl sites for hydroxylation is 1. The average molecular weight is 238 g/mol. The lowest BCUT2D eigenvalue weighted by atomic mass is 9.91. The number of rotatable bonds is 6. The van der Waals surface area contributed by atoms with Crippen LogP contribution >= 0.6 is 0 Å². The van der Waals surface area contributed by atoms with Crippen molar-refractivity contribution >= 4 is 0 Å². The minimum absolute atomic E-state index is 0.552. The average Bonchev–Trinajstić information content (AvgIpc) is 2.36. The van der Waals surface area contributed by atoms with Gasteiger partial charge in [0.25, 0.3) is 0 Å².